The van der Waals surface area contributed by atoms with E-state index in [-0.39, 0.29) is 0 Å². The molecule has 1 aliphatic rings. The first-order valence-corrected chi connectivity index (χ1v) is 4.47. The third-order valence-corrected chi connectivity index (χ3v) is 2.38. The van der Waals surface area contributed by atoms with Crippen LogP contribution in [0.15, 0.2) is 18.8 Å². The molecule has 0 N–H and O–H groups in total. The molecule has 1 fully saturated rings. The average molecular weight is 180 g/mol. The van der Waals surface area contributed by atoms with Gasteiger partial charge in [-0.15, -0.1) is 0 Å². The summed E-state index contributed by atoms with van der Waals surface area (Å²) in [5.74, 6) is 0.707. The number of nitrogens with zero attached hydrogens (tertiary/aromatic N) is 1. The quantitative estimate of drug-likeness (QED) is 0.636. The highest BCUT2D eigenvalue weighted by Gasteiger charge is 2.25. The van der Waals surface area contributed by atoms with Crippen molar-refractivity contribution in [2.24, 2.45) is 0 Å². The maximum atomic E-state index is 5.80. The predicted octanol–water partition coefficient (Wildman–Crippen LogP) is 3.26. The molecule has 0 bridgehead atoms. The highest BCUT2D eigenvalue weighted by atomic mass is 35.5. The lowest BCUT2D eigenvalue weighted by Crippen LogP contribution is -1.87. The lowest BCUT2D eigenvalue weighted by molar-refractivity contribution is 1.10. The fourth-order valence-corrected chi connectivity index (χ4v) is 1.54. The summed E-state index contributed by atoms with van der Waals surface area (Å²) in [5, 5.41) is 0.586. The van der Waals surface area contributed by atoms with Crippen molar-refractivity contribution in [3.8, 4) is 0 Å². The van der Waals surface area contributed by atoms with Crippen LogP contribution in [0.5, 0.6) is 0 Å². The van der Waals surface area contributed by atoms with Gasteiger partial charge in [0.1, 0.15) is 5.15 Å². The van der Waals surface area contributed by atoms with Crippen LogP contribution in [0.4, 0.5) is 0 Å². The zero-order valence-corrected chi connectivity index (χ0v) is 7.51. The van der Waals surface area contributed by atoms with Crippen molar-refractivity contribution in [2.75, 3.05) is 0 Å². The van der Waals surface area contributed by atoms with Gasteiger partial charge in [0.25, 0.3) is 0 Å². The Bertz CT molecular complexity index is 316. The van der Waals surface area contributed by atoms with E-state index in [1.54, 1.807) is 6.20 Å². The molecule has 0 aliphatic heterocycles. The molecule has 2 rings (SSSR count). The predicted molar refractivity (Wildman–Crippen MR) is 51.3 cm³/mol. The summed E-state index contributed by atoms with van der Waals surface area (Å²) < 4.78 is 0. The van der Waals surface area contributed by atoms with Crippen molar-refractivity contribution in [1.29, 1.82) is 0 Å². The summed E-state index contributed by atoms with van der Waals surface area (Å²) in [6.07, 6.45) is 6.20. The van der Waals surface area contributed by atoms with E-state index in [1.807, 2.05) is 12.1 Å². The van der Waals surface area contributed by atoms with Crippen LogP contribution in [0.3, 0.4) is 0 Å². The molecule has 1 aromatic heterocycles. The minimum absolute atomic E-state index is 0.586. The standard InChI is InChI=1S/C10H10ClN/c1-2-7-6-12-10(11)5-9(7)8-3-4-8/h2,5-6,8H,1,3-4H2. The first-order chi connectivity index (χ1) is 5.81. The largest absolute Gasteiger partial charge is 0.244 e. The second kappa shape index (κ2) is 2.91. The van der Waals surface area contributed by atoms with Crippen molar-refractivity contribution in [2.45, 2.75) is 18.8 Å². The van der Waals surface area contributed by atoms with Crippen molar-refractivity contribution in [3.05, 3.63) is 35.1 Å². The maximum Gasteiger partial charge on any atom is 0.129 e. The van der Waals surface area contributed by atoms with Crippen LogP contribution in [0.2, 0.25) is 5.15 Å². The molecule has 0 unspecified atom stereocenters. The van der Waals surface area contributed by atoms with E-state index in [0.29, 0.717) is 11.1 Å². The van der Waals surface area contributed by atoms with E-state index in [9.17, 15) is 0 Å². The van der Waals surface area contributed by atoms with Gasteiger partial charge in [-0.3, -0.25) is 0 Å². The monoisotopic (exact) mass is 179 g/mol. The number of pyridine rings is 1. The second-order valence-electron chi connectivity index (χ2n) is 3.11. The smallest absolute Gasteiger partial charge is 0.129 e. The van der Waals surface area contributed by atoms with Gasteiger partial charge >= 0.3 is 0 Å². The lowest BCUT2D eigenvalue weighted by Gasteiger charge is -2.02. The second-order valence-corrected chi connectivity index (χ2v) is 3.50. The minimum Gasteiger partial charge on any atom is -0.244 e. The maximum absolute atomic E-state index is 5.80. The van der Waals surface area contributed by atoms with Crippen LogP contribution in [0.1, 0.15) is 29.9 Å². The van der Waals surface area contributed by atoms with Gasteiger partial charge in [0.05, 0.1) is 0 Å². The Kier molecular flexibility index (Phi) is 1.89. The number of hydrogen-bond donors (Lipinski definition) is 0. The van der Waals surface area contributed by atoms with Gasteiger partial charge in [-0.1, -0.05) is 24.3 Å². The van der Waals surface area contributed by atoms with Crippen LogP contribution in [-0.4, -0.2) is 4.98 Å². The van der Waals surface area contributed by atoms with E-state index in [4.69, 9.17) is 11.6 Å². The first kappa shape index (κ1) is 7.81. The Morgan fingerprint density at radius 2 is 2.33 bits per heavy atom. The van der Waals surface area contributed by atoms with Crippen LogP contribution in [0, 0.1) is 0 Å². The van der Waals surface area contributed by atoms with Gasteiger partial charge in [0.2, 0.25) is 0 Å². The molecule has 0 atom stereocenters. The van der Waals surface area contributed by atoms with Gasteiger partial charge < -0.3 is 0 Å². The molecule has 0 aromatic carbocycles. The van der Waals surface area contributed by atoms with E-state index in [2.05, 4.69) is 11.6 Å². The summed E-state index contributed by atoms with van der Waals surface area (Å²) >= 11 is 5.80. The van der Waals surface area contributed by atoms with Gasteiger partial charge in [-0.2, -0.15) is 0 Å². The third-order valence-electron chi connectivity index (χ3n) is 2.17. The Balaban J connectivity index is 2.46. The highest BCUT2D eigenvalue weighted by molar-refractivity contribution is 6.29. The minimum atomic E-state index is 0.586. The highest BCUT2D eigenvalue weighted by Crippen LogP contribution is 2.42. The van der Waals surface area contributed by atoms with Crippen LogP contribution >= 0.6 is 11.6 Å². The van der Waals surface area contributed by atoms with E-state index in [1.165, 1.54) is 18.4 Å². The molecule has 1 aliphatic carbocycles. The molecular weight excluding hydrogens is 170 g/mol. The molecule has 12 heavy (non-hydrogen) atoms. The number of aromatic nitrogens is 1. The molecule has 0 saturated heterocycles. The molecule has 62 valence electrons. The van der Waals surface area contributed by atoms with Crippen molar-refractivity contribution in [1.82, 2.24) is 4.98 Å². The molecule has 1 nitrogen and oxygen atoms in total. The van der Waals surface area contributed by atoms with Crippen molar-refractivity contribution < 1.29 is 0 Å². The molecular formula is C10H10ClN. The van der Waals surface area contributed by atoms with Gasteiger partial charge in [-0.05, 0) is 36.0 Å². The Labute approximate surface area is 77.1 Å². The summed E-state index contributed by atoms with van der Waals surface area (Å²) in [5.41, 5.74) is 2.44. The molecule has 0 radical (unpaired) electrons. The normalized spacial score (nSPS) is 16.1. The molecule has 1 aromatic rings. The van der Waals surface area contributed by atoms with Gasteiger partial charge in [0.15, 0.2) is 0 Å². The van der Waals surface area contributed by atoms with E-state index < -0.39 is 0 Å². The van der Waals surface area contributed by atoms with Crippen LogP contribution < -0.4 is 0 Å². The third kappa shape index (κ3) is 1.37. The van der Waals surface area contributed by atoms with Crippen molar-refractivity contribution in [3.63, 3.8) is 0 Å². The van der Waals surface area contributed by atoms with Crippen molar-refractivity contribution >= 4 is 17.7 Å². The lowest BCUT2D eigenvalue weighted by atomic mass is 10.1. The zero-order valence-electron chi connectivity index (χ0n) is 6.76. The summed E-state index contributed by atoms with van der Waals surface area (Å²) in [4.78, 5) is 4.01. The van der Waals surface area contributed by atoms with Gasteiger partial charge in [-0.25, -0.2) is 4.98 Å². The molecule has 0 spiro atoms. The van der Waals surface area contributed by atoms with E-state index in [0.717, 1.165) is 5.56 Å². The molecule has 1 saturated carbocycles. The number of rotatable bonds is 2. The van der Waals surface area contributed by atoms with Crippen LogP contribution in [-0.2, 0) is 0 Å². The fourth-order valence-electron chi connectivity index (χ4n) is 1.37. The first-order valence-electron chi connectivity index (χ1n) is 4.09. The fraction of sp³-hybridized carbons (Fsp3) is 0.300. The Hall–Kier alpha value is -0.820. The Morgan fingerprint density at radius 3 is 2.92 bits per heavy atom. The Morgan fingerprint density at radius 1 is 1.58 bits per heavy atom. The topological polar surface area (TPSA) is 12.9 Å². The number of halogens is 1. The summed E-state index contributed by atoms with van der Waals surface area (Å²) in [7, 11) is 0. The summed E-state index contributed by atoms with van der Waals surface area (Å²) in [6, 6.07) is 1.95. The summed E-state index contributed by atoms with van der Waals surface area (Å²) in [6.45, 7) is 3.75. The van der Waals surface area contributed by atoms with E-state index >= 15 is 0 Å². The zero-order chi connectivity index (χ0) is 8.55. The molecule has 1 heterocycles. The molecule has 0 amide bonds. The average Bonchev–Trinajstić information content (AvgIpc) is 2.87. The van der Waals surface area contributed by atoms with Crippen LogP contribution in [0.25, 0.3) is 6.08 Å². The number of hydrogen-bond acceptors (Lipinski definition) is 1. The SMILES string of the molecule is C=Cc1cnc(Cl)cc1C1CC1. The van der Waals surface area contributed by atoms with Gasteiger partial charge in [0, 0.05) is 6.20 Å². The molecule has 2 heteroatoms.